The molecular formula is C11H16F3N3O. The van der Waals surface area contributed by atoms with Gasteiger partial charge in [-0.25, -0.2) is 0 Å². The van der Waals surface area contributed by atoms with Crippen LogP contribution in [-0.4, -0.2) is 17.0 Å². The van der Waals surface area contributed by atoms with Gasteiger partial charge in [-0.05, 0) is 41.7 Å². The zero-order valence-corrected chi connectivity index (χ0v) is 9.90. The van der Waals surface area contributed by atoms with Gasteiger partial charge in [-0.1, -0.05) is 19.3 Å². The molecule has 102 valence electrons. The third kappa shape index (κ3) is 2.17. The molecule has 0 heterocycles. The molecule has 0 spiro atoms. The smallest absolute Gasteiger partial charge is 0.376 e. The van der Waals surface area contributed by atoms with Crippen molar-refractivity contribution in [3.63, 3.8) is 0 Å². The van der Waals surface area contributed by atoms with Crippen LogP contribution >= 0.6 is 0 Å². The Labute approximate surface area is 103 Å². The summed E-state index contributed by atoms with van der Waals surface area (Å²) in [5, 5.41) is 12.4. The summed E-state index contributed by atoms with van der Waals surface area (Å²) in [4.78, 5) is 2.19. The van der Waals surface area contributed by atoms with Crippen LogP contribution in [0.5, 0.6) is 0 Å². The SMILES string of the molecule is [N-]=[N+]=NC(O)(C1CCC2CCCC2C1)C(F)(F)F. The van der Waals surface area contributed by atoms with Gasteiger partial charge in [0.2, 0.25) is 5.72 Å². The molecule has 0 bridgehead atoms. The lowest BCUT2D eigenvalue weighted by Crippen LogP contribution is -2.51. The Bertz CT molecular complexity index is 367. The van der Waals surface area contributed by atoms with Gasteiger partial charge in [0.25, 0.3) is 0 Å². The Morgan fingerprint density at radius 2 is 1.78 bits per heavy atom. The van der Waals surface area contributed by atoms with Crippen LogP contribution in [0.15, 0.2) is 5.11 Å². The Morgan fingerprint density at radius 1 is 1.11 bits per heavy atom. The first-order valence-corrected chi connectivity index (χ1v) is 6.24. The molecule has 7 heteroatoms. The minimum absolute atomic E-state index is 0.242. The van der Waals surface area contributed by atoms with Crippen molar-refractivity contribution in [3.8, 4) is 0 Å². The number of rotatable bonds is 2. The van der Waals surface area contributed by atoms with E-state index in [1.807, 2.05) is 0 Å². The Balaban J connectivity index is 2.20. The van der Waals surface area contributed by atoms with Gasteiger partial charge in [-0.15, -0.1) is 0 Å². The monoisotopic (exact) mass is 263 g/mol. The van der Waals surface area contributed by atoms with Gasteiger partial charge in [0.15, 0.2) is 0 Å². The molecule has 2 saturated carbocycles. The normalized spacial score (nSPS) is 35.4. The largest absolute Gasteiger partial charge is 0.423 e. The van der Waals surface area contributed by atoms with Crippen molar-refractivity contribution in [2.45, 2.75) is 50.4 Å². The predicted molar refractivity (Wildman–Crippen MR) is 58.3 cm³/mol. The Kier molecular flexibility index (Phi) is 3.47. The van der Waals surface area contributed by atoms with E-state index in [9.17, 15) is 18.3 Å². The molecule has 0 aromatic carbocycles. The first-order chi connectivity index (χ1) is 8.38. The average molecular weight is 263 g/mol. The molecule has 2 aliphatic carbocycles. The van der Waals surface area contributed by atoms with Crippen molar-refractivity contribution < 1.29 is 18.3 Å². The highest BCUT2D eigenvalue weighted by molar-refractivity contribution is 4.96. The van der Waals surface area contributed by atoms with Gasteiger partial charge in [-0.3, -0.25) is 0 Å². The molecule has 4 unspecified atom stereocenters. The molecule has 2 aliphatic rings. The van der Waals surface area contributed by atoms with Gasteiger partial charge in [-0.2, -0.15) is 13.2 Å². The van der Waals surface area contributed by atoms with Crippen LogP contribution < -0.4 is 0 Å². The number of aliphatic hydroxyl groups is 1. The van der Waals surface area contributed by atoms with Crippen molar-refractivity contribution in [2.75, 3.05) is 0 Å². The van der Waals surface area contributed by atoms with Crippen molar-refractivity contribution >= 4 is 0 Å². The van der Waals surface area contributed by atoms with E-state index in [1.54, 1.807) is 0 Å². The first-order valence-electron chi connectivity index (χ1n) is 6.24. The lowest BCUT2D eigenvalue weighted by Gasteiger charge is -2.40. The molecule has 2 rings (SSSR count). The van der Waals surface area contributed by atoms with Crippen molar-refractivity contribution in [1.29, 1.82) is 0 Å². The number of azide groups is 1. The molecule has 18 heavy (non-hydrogen) atoms. The van der Waals surface area contributed by atoms with Crippen LogP contribution in [0.2, 0.25) is 0 Å². The molecule has 2 fully saturated rings. The maximum atomic E-state index is 12.9. The highest BCUT2D eigenvalue weighted by Crippen LogP contribution is 2.50. The third-order valence-corrected chi connectivity index (χ3v) is 4.47. The molecule has 1 N–H and O–H groups in total. The Morgan fingerprint density at radius 3 is 2.39 bits per heavy atom. The van der Waals surface area contributed by atoms with Crippen LogP contribution in [0.3, 0.4) is 0 Å². The van der Waals surface area contributed by atoms with Gasteiger partial charge < -0.3 is 5.11 Å². The number of alkyl halides is 3. The number of halogens is 3. The molecule has 4 atom stereocenters. The molecule has 0 aliphatic heterocycles. The van der Waals surface area contributed by atoms with Gasteiger partial charge in [0.05, 0.1) is 0 Å². The summed E-state index contributed by atoms with van der Waals surface area (Å²) < 4.78 is 38.7. The fourth-order valence-corrected chi connectivity index (χ4v) is 3.51. The molecule has 0 saturated heterocycles. The summed E-state index contributed by atoms with van der Waals surface area (Å²) >= 11 is 0. The fourth-order valence-electron chi connectivity index (χ4n) is 3.51. The molecule has 0 aromatic heterocycles. The zero-order valence-electron chi connectivity index (χ0n) is 9.90. The van der Waals surface area contributed by atoms with Crippen molar-refractivity contribution in [2.24, 2.45) is 22.9 Å². The minimum Gasteiger partial charge on any atom is -0.376 e. The quantitative estimate of drug-likeness (QED) is 0.460. The average Bonchev–Trinajstić information content (AvgIpc) is 2.74. The lowest BCUT2D eigenvalue weighted by molar-refractivity contribution is -0.282. The molecule has 0 radical (unpaired) electrons. The maximum absolute atomic E-state index is 12.9. The standard InChI is InChI=1S/C11H16F3N3O/c12-11(13,14)10(18,16-17-15)9-5-4-7-2-1-3-8(7)6-9/h7-9,18H,1-6H2. The van der Waals surface area contributed by atoms with E-state index < -0.39 is 17.8 Å². The van der Waals surface area contributed by atoms with E-state index in [2.05, 4.69) is 10.0 Å². The highest BCUT2D eigenvalue weighted by atomic mass is 19.4. The van der Waals surface area contributed by atoms with Crippen LogP contribution in [0.1, 0.15) is 38.5 Å². The van der Waals surface area contributed by atoms with Crippen LogP contribution in [-0.2, 0) is 0 Å². The second-order valence-electron chi connectivity index (χ2n) is 5.37. The minimum atomic E-state index is -4.91. The Hall–Kier alpha value is -0.940. The van der Waals surface area contributed by atoms with E-state index in [-0.39, 0.29) is 12.3 Å². The van der Waals surface area contributed by atoms with Crippen LogP contribution in [0.25, 0.3) is 10.4 Å². The van der Waals surface area contributed by atoms with Gasteiger partial charge in [0, 0.05) is 10.8 Å². The van der Waals surface area contributed by atoms with E-state index in [0.717, 1.165) is 19.3 Å². The van der Waals surface area contributed by atoms with Gasteiger partial charge >= 0.3 is 6.18 Å². The van der Waals surface area contributed by atoms with E-state index >= 15 is 0 Å². The first kappa shape index (κ1) is 13.5. The summed E-state index contributed by atoms with van der Waals surface area (Å²) in [7, 11) is 0. The summed E-state index contributed by atoms with van der Waals surface area (Å²) in [6.45, 7) is 0. The molecule has 0 amide bonds. The number of nitrogens with zero attached hydrogens (tertiary/aromatic N) is 3. The fraction of sp³-hybridized carbons (Fsp3) is 1.00. The molecule has 0 aromatic rings. The topological polar surface area (TPSA) is 69.0 Å². The summed E-state index contributed by atoms with van der Waals surface area (Å²) in [5.74, 6) is -0.274. The van der Waals surface area contributed by atoms with E-state index in [4.69, 9.17) is 5.53 Å². The van der Waals surface area contributed by atoms with Gasteiger partial charge in [0.1, 0.15) is 0 Å². The maximum Gasteiger partial charge on any atom is 0.423 e. The second kappa shape index (κ2) is 4.63. The predicted octanol–water partition coefficient (Wildman–Crippen LogP) is 3.76. The zero-order chi connectivity index (χ0) is 13.4. The highest BCUT2D eigenvalue weighted by Gasteiger charge is 2.59. The lowest BCUT2D eigenvalue weighted by atomic mass is 9.72. The molecule has 4 nitrogen and oxygen atoms in total. The second-order valence-corrected chi connectivity index (χ2v) is 5.37. The summed E-state index contributed by atoms with van der Waals surface area (Å²) in [6.07, 6.45) is -0.595. The van der Waals surface area contributed by atoms with E-state index in [0.29, 0.717) is 18.8 Å². The van der Waals surface area contributed by atoms with Crippen LogP contribution in [0.4, 0.5) is 13.2 Å². The number of fused-ring (bicyclic) bond motifs is 1. The van der Waals surface area contributed by atoms with Crippen molar-refractivity contribution in [1.82, 2.24) is 0 Å². The summed E-state index contributed by atoms with van der Waals surface area (Å²) in [6, 6.07) is 0. The third-order valence-electron chi connectivity index (χ3n) is 4.47. The number of hydrogen-bond acceptors (Lipinski definition) is 2. The molecular weight excluding hydrogens is 247 g/mol. The van der Waals surface area contributed by atoms with E-state index in [1.165, 1.54) is 0 Å². The number of hydrogen-bond donors (Lipinski definition) is 1. The summed E-state index contributed by atoms with van der Waals surface area (Å²) in [5.41, 5.74) is 5.04. The van der Waals surface area contributed by atoms with Crippen molar-refractivity contribution in [3.05, 3.63) is 10.4 Å². The van der Waals surface area contributed by atoms with Crippen LogP contribution in [0, 0.1) is 17.8 Å².